The van der Waals surface area contributed by atoms with Gasteiger partial charge in [0.05, 0.1) is 12.5 Å². The van der Waals surface area contributed by atoms with Crippen LogP contribution < -0.4 is 5.32 Å². The number of carboxylic acid groups (broad SMARTS) is 1. The van der Waals surface area contributed by atoms with Gasteiger partial charge in [-0.05, 0) is 33.6 Å². The van der Waals surface area contributed by atoms with Gasteiger partial charge in [0.25, 0.3) is 0 Å². The number of halogens is 1. The third-order valence-corrected chi connectivity index (χ3v) is 2.52. The standard InChI is InChI=1S/C11H18FNO4/c1-10(2,3)17-8(14)7-4-11(12,5-7)6-13-9(15)16/h7,13H,4-6H2,1-3H3,(H,15,16). The summed E-state index contributed by atoms with van der Waals surface area (Å²) in [6.45, 7) is 4.97. The predicted octanol–water partition coefficient (Wildman–Crippen LogP) is 1.71. The van der Waals surface area contributed by atoms with Crippen molar-refractivity contribution in [3.63, 3.8) is 0 Å². The highest BCUT2D eigenvalue weighted by Crippen LogP contribution is 2.41. The van der Waals surface area contributed by atoms with Gasteiger partial charge >= 0.3 is 12.1 Å². The molecule has 1 saturated carbocycles. The van der Waals surface area contributed by atoms with Crippen molar-refractivity contribution in [3.8, 4) is 0 Å². The molecule has 0 heterocycles. The van der Waals surface area contributed by atoms with Gasteiger partial charge < -0.3 is 15.2 Å². The molecule has 0 aromatic carbocycles. The van der Waals surface area contributed by atoms with Crippen molar-refractivity contribution >= 4 is 12.1 Å². The van der Waals surface area contributed by atoms with Crippen molar-refractivity contribution in [1.29, 1.82) is 0 Å². The van der Waals surface area contributed by atoms with Crippen LogP contribution in [0.5, 0.6) is 0 Å². The van der Waals surface area contributed by atoms with Gasteiger partial charge in [0.15, 0.2) is 0 Å². The maximum Gasteiger partial charge on any atom is 0.404 e. The molecule has 0 radical (unpaired) electrons. The molecule has 98 valence electrons. The van der Waals surface area contributed by atoms with E-state index in [9.17, 15) is 14.0 Å². The van der Waals surface area contributed by atoms with Gasteiger partial charge in [-0.2, -0.15) is 0 Å². The summed E-state index contributed by atoms with van der Waals surface area (Å²) < 4.78 is 18.9. The van der Waals surface area contributed by atoms with Crippen LogP contribution in [0.3, 0.4) is 0 Å². The minimum absolute atomic E-state index is 0.0161. The Kier molecular flexibility index (Phi) is 3.64. The quantitative estimate of drug-likeness (QED) is 0.744. The third-order valence-electron chi connectivity index (χ3n) is 2.52. The molecule has 0 atom stereocenters. The van der Waals surface area contributed by atoms with Gasteiger partial charge in [-0.1, -0.05) is 0 Å². The van der Waals surface area contributed by atoms with Crippen molar-refractivity contribution in [2.24, 2.45) is 5.92 Å². The molecule has 0 spiro atoms. The van der Waals surface area contributed by atoms with Crippen molar-refractivity contribution in [2.75, 3.05) is 6.54 Å². The smallest absolute Gasteiger partial charge is 0.404 e. The van der Waals surface area contributed by atoms with E-state index in [1.807, 2.05) is 5.32 Å². The summed E-state index contributed by atoms with van der Waals surface area (Å²) in [5.74, 6) is -0.879. The summed E-state index contributed by atoms with van der Waals surface area (Å²) in [5.41, 5.74) is -2.19. The third kappa shape index (κ3) is 4.20. The first-order valence-corrected chi connectivity index (χ1v) is 5.50. The van der Waals surface area contributed by atoms with E-state index in [0.717, 1.165) is 0 Å². The van der Waals surface area contributed by atoms with E-state index in [2.05, 4.69) is 0 Å². The lowest BCUT2D eigenvalue weighted by Gasteiger charge is -2.40. The lowest BCUT2D eigenvalue weighted by molar-refractivity contribution is -0.169. The first-order valence-electron chi connectivity index (χ1n) is 5.50. The summed E-state index contributed by atoms with van der Waals surface area (Å²) in [5, 5.41) is 10.3. The van der Waals surface area contributed by atoms with Crippen molar-refractivity contribution < 1.29 is 23.8 Å². The molecule has 17 heavy (non-hydrogen) atoms. The minimum atomic E-state index is -1.61. The topological polar surface area (TPSA) is 75.6 Å². The highest BCUT2D eigenvalue weighted by molar-refractivity contribution is 5.74. The maximum absolute atomic E-state index is 13.8. The number of alkyl halides is 1. The van der Waals surface area contributed by atoms with Crippen molar-refractivity contribution in [1.82, 2.24) is 5.32 Å². The Bertz CT molecular complexity index is 318. The van der Waals surface area contributed by atoms with Crippen LogP contribution in [-0.2, 0) is 9.53 Å². The number of ether oxygens (including phenoxy) is 1. The average Bonchev–Trinajstić information content (AvgIpc) is 2.07. The van der Waals surface area contributed by atoms with Gasteiger partial charge in [0.2, 0.25) is 0 Å². The van der Waals surface area contributed by atoms with Gasteiger partial charge in [-0.25, -0.2) is 9.18 Å². The number of hydrogen-bond acceptors (Lipinski definition) is 3. The van der Waals surface area contributed by atoms with E-state index in [4.69, 9.17) is 9.84 Å². The molecule has 1 rings (SSSR count). The van der Waals surface area contributed by atoms with Gasteiger partial charge in [-0.15, -0.1) is 0 Å². The largest absolute Gasteiger partial charge is 0.465 e. The number of nitrogens with one attached hydrogen (secondary N) is 1. The molecule has 2 N–H and O–H groups in total. The fraction of sp³-hybridized carbons (Fsp3) is 0.818. The molecule has 0 unspecified atom stereocenters. The molecular weight excluding hydrogens is 229 g/mol. The molecular formula is C11H18FNO4. The monoisotopic (exact) mass is 247 g/mol. The predicted molar refractivity (Wildman–Crippen MR) is 58.4 cm³/mol. The fourth-order valence-corrected chi connectivity index (χ4v) is 1.75. The first kappa shape index (κ1) is 13.7. The molecule has 0 aromatic heterocycles. The Labute approximate surface area is 99.3 Å². The summed E-state index contributed by atoms with van der Waals surface area (Å²) in [6, 6.07) is 0. The number of hydrogen-bond donors (Lipinski definition) is 2. The molecule has 5 nitrogen and oxygen atoms in total. The van der Waals surface area contributed by atoms with E-state index in [1.54, 1.807) is 20.8 Å². The van der Waals surface area contributed by atoms with Crippen LogP contribution in [0.2, 0.25) is 0 Å². The van der Waals surface area contributed by atoms with Gasteiger partial charge in [-0.3, -0.25) is 4.79 Å². The van der Waals surface area contributed by atoms with E-state index >= 15 is 0 Å². The fourth-order valence-electron chi connectivity index (χ4n) is 1.75. The van der Waals surface area contributed by atoms with Crippen LogP contribution in [0.25, 0.3) is 0 Å². The van der Waals surface area contributed by atoms with E-state index in [-0.39, 0.29) is 19.4 Å². The lowest BCUT2D eigenvalue weighted by atomic mass is 9.72. The highest BCUT2D eigenvalue weighted by Gasteiger charge is 2.49. The summed E-state index contributed by atoms with van der Waals surface area (Å²) >= 11 is 0. The number of carbonyl (C=O) groups is 2. The van der Waals surface area contributed by atoms with Crippen LogP contribution in [0.15, 0.2) is 0 Å². The highest BCUT2D eigenvalue weighted by atomic mass is 19.1. The maximum atomic E-state index is 13.8. The van der Waals surface area contributed by atoms with Gasteiger partial charge in [0, 0.05) is 0 Å². The van der Waals surface area contributed by atoms with Crippen LogP contribution in [0.1, 0.15) is 33.6 Å². The van der Waals surface area contributed by atoms with Crippen LogP contribution in [0, 0.1) is 5.92 Å². The van der Waals surface area contributed by atoms with Crippen molar-refractivity contribution in [2.45, 2.75) is 44.9 Å². The molecule has 6 heteroatoms. The second kappa shape index (κ2) is 4.50. The number of esters is 1. The molecule has 0 aromatic rings. The first-order chi connectivity index (χ1) is 7.61. The molecule has 0 aliphatic heterocycles. The van der Waals surface area contributed by atoms with E-state index in [0.29, 0.717) is 0 Å². The zero-order chi connectivity index (χ0) is 13.3. The van der Waals surface area contributed by atoms with Gasteiger partial charge in [0.1, 0.15) is 11.3 Å². The van der Waals surface area contributed by atoms with E-state index < -0.39 is 29.3 Å². The second-order valence-electron chi connectivity index (χ2n) is 5.45. The SMILES string of the molecule is CC(C)(C)OC(=O)C1CC(F)(CNC(=O)O)C1. The molecule has 0 saturated heterocycles. The molecule has 1 fully saturated rings. The zero-order valence-electron chi connectivity index (χ0n) is 10.2. The number of carbonyl (C=O) groups excluding carboxylic acids is 1. The lowest BCUT2D eigenvalue weighted by Crippen LogP contribution is -2.51. The Morgan fingerprint density at radius 3 is 2.41 bits per heavy atom. The normalized spacial score (nSPS) is 28.1. The summed E-state index contributed by atoms with van der Waals surface area (Å²) in [6.07, 6.45) is -1.23. The molecule has 0 bridgehead atoms. The Hall–Kier alpha value is -1.33. The van der Waals surface area contributed by atoms with Crippen LogP contribution in [-0.4, -0.2) is 35.0 Å². The molecule has 1 amide bonds. The van der Waals surface area contributed by atoms with Crippen LogP contribution >= 0.6 is 0 Å². The van der Waals surface area contributed by atoms with Crippen LogP contribution in [0.4, 0.5) is 9.18 Å². The van der Waals surface area contributed by atoms with E-state index in [1.165, 1.54) is 0 Å². The Balaban J connectivity index is 2.35. The molecule has 1 aliphatic rings. The Morgan fingerprint density at radius 1 is 1.47 bits per heavy atom. The molecule has 1 aliphatic carbocycles. The Morgan fingerprint density at radius 2 is 2.00 bits per heavy atom. The second-order valence-corrected chi connectivity index (χ2v) is 5.45. The number of amides is 1. The summed E-state index contributed by atoms with van der Waals surface area (Å²) in [4.78, 5) is 21.8. The average molecular weight is 247 g/mol. The van der Waals surface area contributed by atoms with Crippen molar-refractivity contribution in [3.05, 3.63) is 0 Å². The minimum Gasteiger partial charge on any atom is -0.465 e. The summed E-state index contributed by atoms with van der Waals surface area (Å²) in [7, 11) is 0. The number of rotatable bonds is 3. The zero-order valence-corrected chi connectivity index (χ0v) is 10.2.